The van der Waals surface area contributed by atoms with Crippen molar-refractivity contribution in [3.05, 3.63) is 71.7 Å². The van der Waals surface area contributed by atoms with Crippen LogP contribution in [-0.2, 0) is 13.6 Å². The summed E-state index contributed by atoms with van der Waals surface area (Å²) < 4.78 is 1.57. The van der Waals surface area contributed by atoms with E-state index in [0.717, 1.165) is 22.2 Å². The lowest BCUT2D eigenvalue weighted by Gasteiger charge is -2.07. The quantitative estimate of drug-likeness (QED) is 0.555. The van der Waals surface area contributed by atoms with Crippen molar-refractivity contribution in [1.29, 1.82) is 0 Å². The molecule has 0 aliphatic heterocycles. The minimum Gasteiger partial charge on any atom is -0.476 e. The average molecular weight is 373 g/mol. The molecule has 0 radical (unpaired) electrons. The number of benzene rings is 2. The summed E-state index contributed by atoms with van der Waals surface area (Å²) in [6.45, 7) is 2.70. The molecule has 28 heavy (non-hydrogen) atoms. The highest BCUT2D eigenvalue weighted by Gasteiger charge is 2.15. The van der Waals surface area contributed by atoms with Gasteiger partial charge in [-0.25, -0.2) is 14.8 Å². The summed E-state index contributed by atoms with van der Waals surface area (Å²) in [6.07, 6.45) is 3.45. The molecule has 7 nitrogen and oxygen atoms in total. The Morgan fingerprint density at radius 3 is 2.61 bits per heavy atom. The summed E-state index contributed by atoms with van der Waals surface area (Å²) in [5.74, 6) is -0.506. The molecule has 0 saturated carbocycles. The highest BCUT2D eigenvalue weighted by atomic mass is 16.4. The summed E-state index contributed by atoms with van der Waals surface area (Å²) in [7, 11) is 1.73. The van der Waals surface area contributed by atoms with Gasteiger partial charge in [0.1, 0.15) is 0 Å². The third-order valence-corrected chi connectivity index (χ3v) is 4.57. The van der Waals surface area contributed by atoms with Crippen molar-refractivity contribution in [1.82, 2.24) is 19.7 Å². The highest BCUT2D eigenvalue weighted by molar-refractivity contribution is 6.02. The molecule has 0 fully saturated rings. The van der Waals surface area contributed by atoms with Crippen molar-refractivity contribution in [3.63, 3.8) is 0 Å². The van der Waals surface area contributed by atoms with Crippen molar-refractivity contribution in [2.45, 2.75) is 13.5 Å². The number of nitrogens with one attached hydrogen (secondary N) is 1. The number of aryl methyl sites for hydroxylation is 2. The molecule has 4 aromatic rings. The fourth-order valence-corrected chi connectivity index (χ4v) is 3.17. The molecular weight excluding hydrogens is 354 g/mol. The largest absolute Gasteiger partial charge is 0.476 e. The second-order valence-electron chi connectivity index (χ2n) is 6.65. The smallest absolute Gasteiger partial charge is 0.357 e. The molecule has 0 aliphatic rings. The van der Waals surface area contributed by atoms with E-state index in [4.69, 9.17) is 0 Å². The Labute approximate surface area is 161 Å². The highest BCUT2D eigenvalue weighted by Crippen LogP contribution is 2.26. The van der Waals surface area contributed by atoms with Crippen LogP contribution in [0.25, 0.3) is 22.0 Å². The third-order valence-electron chi connectivity index (χ3n) is 4.57. The number of aromatic nitrogens is 4. The number of carboxylic acid groups (broad SMARTS) is 1. The number of anilines is 1. The van der Waals surface area contributed by atoms with Crippen molar-refractivity contribution in [2.24, 2.45) is 7.05 Å². The number of carbonyl (C=O) groups is 1. The first-order chi connectivity index (χ1) is 13.5. The van der Waals surface area contributed by atoms with E-state index in [1.165, 1.54) is 5.56 Å². The van der Waals surface area contributed by atoms with Crippen LogP contribution in [0.5, 0.6) is 0 Å². The van der Waals surface area contributed by atoms with Gasteiger partial charge in [-0.15, -0.1) is 0 Å². The van der Waals surface area contributed by atoms with Gasteiger partial charge < -0.3 is 10.4 Å². The van der Waals surface area contributed by atoms with Crippen LogP contribution >= 0.6 is 0 Å². The van der Waals surface area contributed by atoms with Crippen molar-refractivity contribution < 1.29 is 9.90 Å². The third kappa shape index (κ3) is 3.42. The Morgan fingerprint density at radius 1 is 1.11 bits per heavy atom. The van der Waals surface area contributed by atoms with Gasteiger partial charge in [-0.2, -0.15) is 5.10 Å². The number of hydrogen-bond donors (Lipinski definition) is 2. The maximum absolute atomic E-state index is 11.4. The summed E-state index contributed by atoms with van der Waals surface area (Å²) >= 11 is 0. The molecule has 7 heteroatoms. The molecule has 2 N–H and O–H groups in total. The van der Waals surface area contributed by atoms with Crippen LogP contribution in [0, 0.1) is 6.92 Å². The van der Waals surface area contributed by atoms with E-state index < -0.39 is 5.97 Å². The van der Waals surface area contributed by atoms with Gasteiger partial charge in [-0.05, 0) is 30.2 Å². The number of rotatable bonds is 5. The standard InChI is InChI=1S/C21H19N5O2/c1-13-4-3-5-14(8-13)10-22-21-23-11-16(12-24-21)15-6-7-18-17(9-15)19(20(27)28)25-26(18)2/h3-9,11-12H,10H2,1-2H3,(H,27,28)(H,22,23,24). The van der Waals surface area contributed by atoms with Crippen molar-refractivity contribution >= 4 is 22.8 Å². The molecule has 2 heterocycles. The minimum atomic E-state index is -1.05. The van der Waals surface area contributed by atoms with Crippen LogP contribution in [0.1, 0.15) is 21.6 Å². The molecule has 4 rings (SSSR count). The van der Waals surface area contributed by atoms with E-state index in [1.807, 2.05) is 24.3 Å². The van der Waals surface area contributed by atoms with E-state index in [2.05, 4.69) is 45.5 Å². The van der Waals surface area contributed by atoms with Crippen LogP contribution in [0.2, 0.25) is 0 Å². The van der Waals surface area contributed by atoms with Crippen LogP contribution in [0.3, 0.4) is 0 Å². The molecule has 2 aromatic heterocycles. The molecule has 0 bridgehead atoms. The molecule has 2 aromatic carbocycles. The number of fused-ring (bicyclic) bond motifs is 1. The van der Waals surface area contributed by atoms with Crippen molar-refractivity contribution in [3.8, 4) is 11.1 Å². The van der Waals surface area contributed by atoms with E-state index in [1.54, 1.807) is 24.1 Å². The first-order valence-corrected chi connectivity index (χ1v) is 8.83. The minimum absolute atomic E-state index is 0.0386. The number of hydrogen-bond acceptors (Lipinski definition) is 5. The van der Waals surface area contributed by atoms with Crippen LogP contribution in [-0.4, -0.2) is 30.8 Å². The van der Waals surface area contributed by atoms with Crippen LogP contribution in [0.4, 0.5) is 5.95 Å². The van der Waals surface area contributed by atoms with Crippen LogP contribution in [0.15, 0.2) is 54.9 Å². The number of nitrogens with zero attached hydrogens (tertiary/aromatic N) is 4. The summed E-state index contributed by atoms with van der Waals surface area (Å²) in [5.41, 5.74) is 4.82. The second kappa shape index (κ2) is 7.11. The van der Waals surface area contributed by atoms with Gasteiger partial charge in [-0.3, -0.25) is 4.68 Å². The molecule has 0 saturated heterocycles. The lowest BCUT2D eigenvalue weighted by Crippen LogP contribution is -2.03. The Morgan fingerprint density at radius 2 is 1.89 bits per heavy atom. The fraction of sp³-hybridized carbons (Fsp3) is 0.143. The van der Waals surface area contributed by atoms with E-state index in [0.29, 0.717) is 17.9 Å². The zero-order chi connectivity index (χ0) is 19.7. The van der Waals surface area contributed by atoms with Gasteiger partial charge in [-0.1, -0.05) is 35.9 Å². The lowest BCUT2D eigenvalue weighted by molar-refractivity contribution is 0.0691. The van der Waals surface area contributed by atoms with Gasteiger partial charge in [0.2, 0.25) is 5.95 Å². The lowest BCUT2D eigenvalue weighted by atomic mass is 10.1. The first kappa shape index (κ1) is 17.7. The molecule has 0 atom stereocenters. The van der Waals surface area contributed by atoms with Crippen LogP contribution < -0.4 is 5.32 Å². The fourth-order valence-electron chi connectivity index (χ4n) is 3.17. The second-order valence-corrected chi connectivity index (χ2v) is 6.65. The molecule has 140 valence electrons. The van der Waals surface area contributed by atoms with Gasteiger partial charge in [0, 0.05) is 36.9 Å². The maximum atomic E-state index is 11.4. The zero-order valence-corrected chi connectivity index (χ0v) is 15.5. The Hall–Kier alpha value is -3.74. The Bertz CT molecular complexity index is 1170. The van der Waals surface area contributed by atoms with Crippen molar-refractivity contribution in [2.75, 3.05) is 5.32 Å². The molecular formula is C21H19N5O2. The zero-order valence-electron chi connectivity index (χ0n) is 15.5. The molecule has 0 unspecified atom stereocenters. The predicted octanol–water partition coefficient (Wildman–Crippen LogP) is 3.65. The van der Waals surface area contributed by atoms with E-state index in [-0.39, 0.29) is 5.69 Å². The van der Waals surface area contributed by atoms with Gasteiger partial charge in [0.15, 0.2) is 5.69 Å². The molecule has 0 aliphatic carbocycles. The van der Waals surface area contributed by atoms with E-state index >= 15 is 0 Å². The average Bonchev–Trinajstić information content (AvgIpc) is 3.03. The van der Waals surface area contributed by atoms with Gasteiger partial charge in [0.25, 0.3) is 0 Å². The normalized spacial score (nSPS) is 10.9. The predicted molar refractivity (Wildman–Crippen MR) is 107 cm³/mol. The summed E-state index contributed by atoms with van der Waals surface area (Å²) in [6, 6.07) is 13.8. The monoisotopic (exact) mass is 373 g/mol. The Balaban J connectivity index is 1.56. The topological polar surface area (TPSA) is 92.9 Å². The maximum Gasteiger partial charge on any atom is 0.357 e. The first-order valence-electron chi connectivity index (χ1n) is 8.83. The summed E-state index contributed by atoms with van der Waals surface area (Å²) in [5, 5.41) is 17.2. The van der Waals surface area contributed by atoms with E-state index in [9.17, 15) is 9.90 Å². The number of aromatic carboxylic acids is 1. The van der Waals surface area contributed by atoms with Gasteiger partial charge in [0.05, 0.1) is 5.52 Å². The molecule has 0 amide bonds. The van der Waals surface area contributed by atoms with Gasteiger partial charge >= 0.3 is 5.97 Å². The summed E-state index contributed by atoms with van der Waals surface area (Å²) in [4.78, 5) is 20.2. The number of carboxylic acids is 1. The molecule has 0 spiro atoms. The Kier molecular flexibility index (Phi) is 4.49. The SMILES string of the molecule is Cc1cccc(CNc2ncc(-c3ccc4c(c3)c(C(=O)O)nn4C)cn2)c1.